The average molecular weight is 906 g/mol. The lowest BCUT2D eigenvalue weighted by Gasteiger charge is -2.45. The van der Waals surface area contributed by atoms with Gasteiger partial charge < -0.3 is 18.9 Å². The third kappa shape index (κ3) is 10.7. The SMILES string of the molecule is O=C(S)CCCCOCC(COC(C(F)(F)F)(C(F)(F)F)C(F)(F)F)(COC(C(F)(F)F)(C(F)(F)F)C(F)(F)F)COC(C(F)(F)F)(C(F)(F)F)C(F)(F)F. The Morgan fingerprint density at radius 2 is 0.582 bits per heavy atom. The molecule has 0 aliphatic carbocycles. The summed E-state index contributed by atoms with van der Waals surface area (Å²) in [6.45, 7) is -16.3. The molecule has 33 heteroatoms. The molecule has 0 heterocycles. The van der Waals surface area contributed by atoms with Gasteiger partial charge in [0.1, 0.15) is 0 Å². The van der Waals surface area contributed by atoms with Crippen molar-refractivity contribution in [2.24, 2.45) is 5.41 Å². The number of carbonyl (C=O) groups is 1. The standard InChI is InChI=1S/C22H17F27O5S/c23-14(24,25)11(15(26,27)28,16(29,30)31)52-6-10(5-51-4-2-1-3-9(50)55,7-53-12(17(32,33)34,18(35,36)37)19(38,39)40)8-54-13(20(41,42)43,21(44,45)46)22(47,48)49/h1-8H2,(H,50,55). The van der Waals surface area contributed by atoms with E-state index in [1.54, 1.807) is 0 Å². The van der Waals surface area contributed by atoms with E-state index in [0.29, 0.717) is 0 Å². The Labute approximate surface area is 291 Å². The minimum Gasteiger partial charge on any atom is -0.381 e. The van der Waals surface area contributed by atoms with Crippen molar-refractivity contribution in [1.82, 2.24) is 0 Å². The van der Waals surface area contributed by atoms with E-state index in [2.05, 4.69) is 31.6 Å². The van der Waals surface area contributed by atoms with Crippen molar-refractivity contribution < 1.29 is 142 Å². The van der Waals surface area contributed by atoms with Gasteiger partial charge in [-0.15, -0.1) is 12.6 Å². The van der Waals surface area contributed by atoms with E-state index >= 15 is 0 Å². The first-order chi connectivity index (χ1) is 23.8. The first-order valence-corrected chi connectivity index (χ1v) is 13.6. The number of rotatable bonds is 16. The normalized spacial score (nSPS) is 15.9. The van der Waals surface area contributed by atoms with Crippen LogP contribution < -0.4 is 0 Å². The lowest BCUT2D eigenvalue weighted by molar-refractivity contribution is -0.474. The maximum absolute atomic E-state index is 13.5. The van der Waals surface area contributed by atoms with Crippen LogP contribution in [-0.4, -0.2) is 111 Å². The summed E-state index contributed by atoms with van der Waals surface area (Å²) in [6.07, 6.45) is -74.5. The first kappa shape index (κ1) is 53.0. The zero-order valence-corrected chi connectivity index (χ0v) is 26.2. The van der Waals surface area contributed by atoms with Crippen LogP contribution in [0.2, 0.25) is 0 Å². The molecule has 0 N–H and O–H groups in total. The highest BCUT2D eigenvalue weighted by molar-refractivity contribution is 7.96. The molecule has 330 valence electrons. The Morgan fingerprint density at radius 1 is 0.364 bits per heavy atom. The summed E-state index contributed by atoms with van der Waals surface area (Å²) in [4.78, 5) is 10.8. The molecule has 55 heavy (non-hydrogen) atoms. The second kappa shape index (κ2) is 16.3. The average Bonchev–Trinajstić information content (AvgIpc) is 2.83. The van der Waals surface area contributed by atoms with Gasteiger partial charge in [0, 0.05) is 13.0 Å². The predicted octanol–water partition coefficient (Wildman–Crippen LogP) is 9.94. The molecule has 0 amide bonds. The minimum atomic E-state index is -8.04. The zero-order valence-electron chi connectivity index (χ0n) is 25.4. The van der Waals surface area contributed by atoms with Gasteiger partial charge in [0.25, 0.3) is 0 Å². The van der Waals surface area contributed by atoms with Crippen molar-refractivity contribution in [3.63, 3.8) is 0 Å². The molecular formula is C22H17F27O5S. The first-order valence-electron chi connectivity index (χ1n) is 13.1. The van der Waals surface area contributed by atoms with E-state index < -0.39 is 135 Å². The van der Waals surface area contributed by atoms with E-state index in [1.807, 2.05) is 0 Å². The molecule has 0 atom stereocenters. The zero-order chi connectivity index (χ0) is 44.6. The largest absolute Gasteiger partial charge is 0.435 e. The van der Waals surface area contributed by atoms with Crippen molar-refractivity contribution in [2.45, 2.75) is 91.7 Å². The van der Waals surface area contributed by atoms with Crippen LogP contribution >= 0.6 is 12.6 Å². The van der Waals surface area contributed by atoms with Gasteiger partial charge in [0.05, 0.1) is 31.8 Å². The number of unbranched alkanes of at least 4 members (excludes halogenated alkanes) is 1. The van der Waals surface area contributed by atoms with Crippen LogP contribution in [0.5, 0.6) is 0 Å². The quantitative estimate of drug-likeness (QED) is 0.0951. The Hall–Kier alpha value is -2.03. The van der Waals surface area contributed by atoms with Crippen molar-refractivity contribution in [3.8, 4) is 0 Å². The number of thiol groups is 1. The Balaban J connectivity index is 8.29. The summed E-state index contributed by atoms with van der Waals surface area (Å²) in [5.41, 5.74) is -28.8. The fraction of sp³-hybridized carbons (Fsp3) is 0.955. The highest BCUT2D eigenvalue weighted by Gasteiger charge is 2.88. The number of halogens is 27. The van der Waals surface area contributed by atoms with Crippen molar-refractivity contribution in [2.75, 3.05) is 33.0 Å². The smallest absolute Gasteiger partial charge is 0.381 e. The van der Waals surface area contributed by atoms with Crippen LogP contribution in [0.1, 0.15) is 19.3 Å². The molecule has 0 radical (unpaired) electrons. The van der Waals surface area contributed by atoms with Crippen molar-refractivity contribution in [1.29, 1.82) is 0 Å². The highest BCUT2D eigenvalue weighted by atomic mass is 32.1. The number of carbonyl (C=O) groups excluding carboxylic acids is 1. The molecule has 5 nitrogen and oxygen atoms in total. The summed E-state index contributed by atoms with van der Waals surface area (Å²) < 4.78 is 377. The molecule has 0 aromatic rings. The second-order valence-electron chi connectivity index (χ2n) is 10.8. The Bertz CT molecular complexity index is 1010. The lowest BCUT2D eigenvalue weighted by Crippen LogP contribution is -2.71. The summed E-state index contributed by atoms with van der Waals surface area (Å²) in [6, 6.07) is 0. The predicted molar refractivity (Wildman–Crippen MR) is 122 cm³/mol. The van der Waals surface area contributed by atoms with Gasteiger partial charge in [-0.25, -0.2) is 0 Å². The van der Waals surface area contributed by atoms with Crippen LogP contribution in [-0.2, 0) is 23.7 Å². The van der Waals surface area contributed by atoms with Crippen molar-refractivity contribution >= 4 is 17.7 Å². The van der Waals surface area contributed by atoms with Crippen LogP contribution in [0.15, 0.2) is 0 Å². The summed E-state index contributed by atoms with van der Waals surface area (Å²) in [5, 5.41) is -1.04. The van der Waals surface area contributed by atoms with Gasteiger partial charge in [0.2, 0.25) is 0 Å². The molecular weight excluding hydrogens is 889 g/mol. The number of hydrogen-bond donors (Lipinski definition) is 1. The van der Waals surface area contributed by atoms with E-state index in [0.717, 1.165) is 0 Å². The van der Waals surface area contributed by atoms with Gasteiger partial charge in [0.15, 0.2) is 5.12 Å². The molecule has 0 saturated heterocycles. The van der Waals surface area contributed by atoms with Crippen LogP contribution in [0.3, 0.4) is 0 Å². The number of alkyl halides is 27. The molecule has 0 unspecified atom stereocenters. The van der Waals surface area contributed by atoms with Crippen molar-refractivity contribution in [3.05, 3.63) is 0 Å². The van der Waals surface area contributed by atoms with Gasteiger partial charge in [-0.3, -0.25) is 4.79 Å². The molecule has 0 fully saturated rings. The molecule has 0 aliphatic heterocycles. The molecule has 0 aliphatic rings. The van der Waals surface area contributed by atoms with Gasteiger partial charge in [-0.1, -0.05) is 0 Å². The Morgan fingerprint density at radius 3 is 0.764 bits per heavy atom. The van der Waals surface area contributed by atoms with Crippen LogP contribution in [0.25, 0.3) is 0 Å². The van der Waals surface area contributed by atoms with Crippen LogP contribution in [0.4, 0.5) is 119 Å². The third-order valence-electron chi connectivity index (χ3n) is 6.71. The molecule has 0 aromatic carbocycles. The summed E-state index contributed by atoms with van der Waals surface area (Å²) in [5.74, 6) is 0. The van der Waals surface area contributed by atoms with E-state index in [9.17, 15) is 123 Å². The Kier molecular flexibility index (Phi) is 15.7. The van der Waals surface area contributed by atoms with E-state index in [1.165, 1.54) is 0 Å². The van der Waals surface area contributed by atoms with Gasteiger partial charge >= 0.3 is 72.4 Å². The summed E-state index contributed by atoms with van der Waals surface area (Å²) >= 11 is 3.19. The van der Waals surface area contributed by atoms with Crippen LogP contribution in [0, 0.1) is 5.41 Å². The van der Waals surface area contributed by atoms with Gasteiger partial charge in [-0.2, -0.15) is 119 Å². The number of ether oxygens (including phenoxy) is 4. The summed E-state index contributed by atoms with van der Waals surface area (Å²) in [7, 11) is 0. The van der Waals surface area contributed by atoms with E-state index in [4.69, 9.17) is 0 Å². The topological polar surface area (TPSA) is 54.0 Å². The lowest BCUT2D eigenvalue weighted by atomic mass is 9.89. The highest BCUT2D eigenvalue weighted by Crippen LogP contribution is 2.59. The minimum absolute atomic E-state index is 0.600. The molecule has 0 saturated carbocycles. The maximum atomic E-state index is 13.5. The molecule has 0 rings (SSSR count). The fourth-order valence-electron chi connectivity index (χ4n) is 3.99. The van der Waals surface area contributed by atoms with E-state index in [-0.39, 0.29) is 0 Å². The van der Waals surface area contributed by atoms with Gasteiger partial charge in [-0.05, 0) is 12.8 Å². The monoisotopic (exact) mass is 906 g/mol. The molecule has 0 spiro atoms. The fourth-order valence-corrected chi connectivity index (χ4v) is 4.14. The number of hydrogen-bond acceptors (Lipinski definition) is 5. The molecule has 0 bridgehead atoms. The maximum Gasteiger partial charge on any atom is 0.435 e. The molecule has 0 aromatic heterocycles. The third-order valence-corrected chi connectivity index (χ3v) is 6.94. The second-order valence-corrected chi connectivity index (χ2v) is 11.3.